The van der Waals surface area contributed by atoms with E-state index in [4.69, 9.17) is 4.74 Å². The van der Waals surface area contributed by atoms with E-state index in [0.29, 0.717) is 13.0 Å². The van der Waals surface area contributed by atoms with Crippen LogP contribution in [-0.4, -0.2) is 12.6 Å². The van der Waals surface area contributed by atoms with Gasteiger partial charge >= 0.3 is 5.97 Å². The highest BCUT2D eigenvalue weighted by molar-refractivity contribution is 5.91. The second-order valence-corrected chi connectivity index (χ2v) is 3.48. The van der Waals surface area contributed by atoms with Gasteiger partial charge in [-0.1, -0.05) is 18.2 Å². The monoisotopic (exact) mass is 203 g/mol. The zero-order chi connectivity index (χ0) is 10.7. The van der Waals surface area contributed by atoms with Crippen LogP contribution < -0.4 is 5.32 Å². The van der Waals surface area contributed by atoms with E-state index in [0.717, 1.165) is 17.0 Å². The van der Waals surface area contributed by atoms with Crippen molar-refractivity contribution in [3.63, 3.8) is 0 Å². The smallest absolute Gasteiger partial charge is 0.335 e. The minimum Gasteiger partial charge on any atom is -0.462 e. The molecule has 0 spiro atoms. The first-order valence-corrected chi connectivity index (χ1v) is 4.96. The van der Waals surface area contributed by atoms with E-state index in [-0.39, 0.29) is 5.97 Å². The third-order valence-corrected chi connectivity index (χ3v) is 2.39. The number of hydrogen-bond acceptors (Lipinski definition) is 3. The number of carbonyl (C=O) groups excluding carboxylic acids is 1. The molecule has 15 heavy (non-hydrogen) atoms. The number of nitrogens with one attached hydrogen (secondary N) is 1. The summed E-state index contributed by atoms with van der Waals surface area (Å²) in [6, 6.07) is 9.78. The summed E-state index contributed by atoms with van der Waals surface area (Å²) in [7, 11) is 0. The van der Waals surface area contributed by atoms with E-state index in [1.54, 1.807) is 0 Å². The Labute approximate surface area is 88.8 Å². The fraction of sp³-hybridized carbons (Fsp3) is 0.250. The molecule has 0 aliphatic carbocycles. The van der Waals surface area contributed by atoms with Gasteiger partial charge in [0.15, 0.2) is 0 Å². The van der Waals surface area contributed by atoms with Gasteiger partial charge in [-0.3, -0.25) is 0 Å². The third kappa shape index (κ3) is 2.18. The topological polar surface area (TPSA) is 38.3 Å². The molecule has 1 aromatic rings. The summed E-state index contributed by atoms with van der Waals surface area (Å²) in [6.07, 6.45) is 0.699. The maximum Gasteiger partial charge on any atom is 0.335 e. The van der Waals surface area contributed by atoms with Gasteiger partial charge in [-0.15, -0.1) is 0 Å². The van der Waals surface area contributed by atoms with E-state index in [9.17, 15) is 4.79 Å². The zero-order valence-corrected chi connectivity index (χ0v) is 8.62. The van der Waals surface area contributed by atoms with Crippen LogP contribution in [0, 0.1) is 0 Å². The lowest BCUT2D eigenvalue weighted by Crippen LogP contribution is -2.04. The van der Waals surface area contributed by atoms with Gasteiger partial charge in [0.25, 0.3) is 0 Å². The lowest BCUT2D eigenvalue weighted by atomic mass is 10.2. The molecule has 0 saturated carbocycles. The van der Waals surface area contributed by atoms with Crippen LogP contribution >= 0.6 is 0 Å². The van der Waals surface area contributed by atoms with Crippen molar-refractivity contribution in [1.82, 2.24) is 0 Å². The van der Waals surface area contributed by atoms with Crippen molar-refractivity contribution in [2.75, 3.05) is 11.9 Å². The van der Waals surface area contributed by atoms with Crippen molar-refractivity contribution < 1.29 is 9.53 Å². The number of esters is 1. The van der Waals surface area contributed by atoms with Crippen LogP contribution in [0.15, 0.2) is 41.6 Å². The highest BCUT2D eigenvalue weighted by Crippen LogP contribution is 2.19. The van der Waals surface area contributed by atoms with Crippen LogP contribution in [0.5, 0.6) is 0 Å². The number of benzene rings is 1. The number of carbonyl (C=O) groups is 1. The van der Waals surface area contributed by atoms with E-state index in [1.165, 1.54) is 0 Å². The van der Waals surface area contributed by atoms with Gasteiger partial charge in [0.2, 0.25) is 0 Å². The first-order valence-electron chi connectivity index (χ1n) is 4.96. The van der Waals surface area contributed by atoms with Gasteiger partial charge in [-0.25, -0.2) is 4.79 Å². The highest BCUT2D eigenvalue weighted by atomic mass is 16.5. The standard InChI is InChI=1S/C12H13NO2/c1-9(11-7-8-15-12(11)14)13-10-5-3-2-4-6-10/h2-6,13H,7-8H2,1H3/b11-9-. The second kappa shape index (κ2) is 4.17. The molecule has 1 N–H and O–H groups in total. The van der Waals surface area contributed by atoms with Gasteiger partial charge in [0.1, 0.15) is 0 Å². The van der Waals surface area contributed by atoms with Crippen molar-refractivity contribution >= 4 is 11.7 Å². The fourth-order valence-corrected chi connectivity index (χ4v) is 1.59. The minimum absolute atomic E-state index is 0.198. The lowest BCUT2D eigenvalue weighted by molar-refractivity contribution is -0.135. The second-order valence-electron chi connectivity index (χ2n) is 3.48. The molecule has 0 aromatic heterocycles. The summed E-state index contributed by atoms with van der Waals surface area (Å²) in [5.74, 6) is -0.198. The summed E-state index contributed by atoms with van der Waals surface area (Å²) < 4.78 is 4.89. The molecule has 1 saturated heterocycles. The quantitative estimate of drug-likeness (QED) is 0.592. The first kappa shape index (κ1) is 9.77. The maximum absolute atomic E-state index is 11.3. The molecule has 0 amide bonds. The van der Waals surface area contributed by atoms with Gasteiger partial charge < -0.3 is 10.1 Å². The molecule has 0 radical (unpaired) electrons. The molecule has 1 aliphatic rings. The van der Waals surface area contributed by atoms with Crippen LogP contribution in [0.4, 0.5) is 5.69 Å². The summed E-state index contributed by atoms with van der Waals surface area (Å²) in [5, 5.41) is 3.19. The Balaban J connectivity index is 2.16. The minimum atomic E-state index is -0.198. The number of rotatable bonds is 2. The molecule has 3 nitrogen and oxygen atoms in total. The molecular formula is C12H13NO2. The van der Waals surface area contributed by atoms with E-state index in [1.807, 2.05) is 37.3 Å². The Bertz CT molecular complexity index is 395. The molecular weight excluding hydrogens is 190 g/mol. The Morgan fingerprint density at radius 1 is 1.33 bits per heavy atom. The van der Waals surface area contributed by atoms with Crippen LogP contribution in [0.1, 0.15) is 13.3 Å². The van der Waals surface area contributed by atoms with Gasteiger partial charge in [-0.05, 0) is 19.1 Å². The molecule has 0 atom stereocenters. The number of cyclic esters (lactones) is 1. The lowest BCUT2D eigenvalue weighted by Gasteiger charge is -2.07. The van der Waals surface area contributed by atoms with Crippen LogP contribution in [0.25, 0.3) is 0 Å². The average molecular weight is 203 g/mol. The van der Waals surface area contributed by atoms with E-state index in [2.05, 4.69) is 5.32 Å². The number of ether oxygens (including phenoxy) is 1. The normalized spacial score (nSPS) is 18.6. The summed E-state index contributed by atoms with van der Waals surface area (Å²) in [5.41, 5.74) is 2.62. The molecule has 0 unspecified atom stereocenters. The SMILES string of the molecule is C/C(Nc1ccccc1)=C1\CCOC1=O. The molecule has 1 fully saturated rings. The number of allylic oxidation sites excluding steroid dienone is 1. The number of hydrogen-bond donors (Lipinski definition) is 1. The van der Waals surface area contributed by atoms with Crippen LogP contribution in [0.2, 0.25) is 0 Å². The molecule has 0 bridgehead atoms. The molecule has 1 heterocycles. The largest absolute Gasteiger partial charge is 0.462 e. The van der Waals surface area contributed by atoms with Crippen molar-refractivity contribution in [2.24, 2.45) is 0 Å². The first-order chi connectivity index (χ1) is 7.27. The molecule has 3 heteroatoms. The molecule has 1 aromatic carbocycles. The van der Waals surface area contributed by atoms with Gasteiger partial charge in [0.05, 0.1) is 12.2 Å². The van der Waals surface area contributed by atoms with Crippen LogP contribution in [0.3, 0.4) is 0 Å². The molecule has 78 valence electrons. The van der Waals surface area contributed by atoms with Crippen molar-refractivity contribution in [3.8, 4) is 0 Å². The molecule has 1 aliphatic heterocycles. The predicted molar refractivity (Wildman–Crippen MR) is 58.3 cm³/mol. The summed E-state index contributed by atoms with van der Waals surface area (Å²) in [6.45, 7) is 2.40. The van der Waals surface area contributed by atoms with Gasteiger partial charge in [0, 0.05) is 17.8 Å². The Hall–Kier alpha value is -1.77. The number of anilines is 1. The third-order valence-electron chi connectivity index (χ3n) is 2.39. The van der Waals surface area contributed by atoms with E-state index < -0.39 is 0 Å². The Kier molecular flexibility index (Phi) is 2.72. The van der Waals surface area contributed by atoms with Crippen LogP contribution in [-0.2, 0) is 9.53 Å². The van der Waals surface area contributed by atoms with E-state index >= 15 is 0 Å². The maximum atomic E-state index is 11.3. The van der Waals surface area contributed by atoms with Crippen molar-refractivity contribution in [3.05, 3.63) is 41.6 Å². The van der Waals surface area contributed by atoms with Gasteiger partial charge in [-0.2, -0.15) is 0 Å². The fourth-order valence-electron chi connectivity index (χ4n) is 1.59. The average Bonchev–Trinajstić information content (AvgIpc) is 2.66. The predicted octanol–water partition coefficient (Wildman–Crippen LogP) is 2.32. The number of para-hydroxylation sites is 1. The zero-order valence-electron chi connectivity index (χ0n) is 8.62. The Morgan fingerprint density at radius 2 is 2.07 bits per heavy atom. The summed E-state index contributed by atoms with van der Waals surface area (Å²) >= 11 is 0. The Morgan fingerprint density at radius 3 is 2.67 bits per heavy atom. The molecule has 2 rings (SSSR count). The highest BCUT2D eigenvalue weighted by Gasteiger charge is 2.21. The van der Waals surface area contributed by atoms with Crippen molar-refractivity contribution in [2.45, 2.75) is 13.3 Å². The summed E-state index contributed by atoms with van der Waals surface area (Å²) in [4.78, 5) is 11.3. The van der Waals surface area contributed by atoms with Crippen molar-refractivity contribution in [1.29, 1.82) is 0 Å².